The van der Waals surface area contributed by atoms with Crippen molar-refractivity contribution in [2.75, 3.05) is 11.9 Å². The smallest absolute Gasteiger partial charge is 0.341 e. The van der Waals surface area contributed by atoms with E-state index in [9.17, 15) is 9.59 Å². The van der Waals surface area contributed by atoms with Crippen LogP contribution in [0.3, 0.4) is 0 Å². The minimum Gasteiger partial charge on any atom is -0.462 e. The van der Waals surface area contributed by atoms with E-state index in [1.165, 1.54) is 16.2 Å². The van der Waals surface area contributed by atoms with Crippen molar-refractivity contribution >= 4 is 28.2 Å². The van der Waals surface area contributed by atoms with Gasteiger partial charge in [0.25, 0.3) is 5.91 Å². The third-order valence-corrected chi connectivity index (χ3v) is 5.46. The highest BCUT2D eigenvalue weighted by molar-refractivity contribution is 7.17. The Kier molecular flexibility index (Phi) is 5.58. The Bertz CT molecular complexity index is 774. The van der Waals surface area contributed by atoms with Gasteiger partial charge in [0.2, 0.25) is 0 Å². The average molecular weight is 361 g/mol. The molecule has 0 fully saturated rings. The van der Waals surface area contributed by atoms with Crippen LogP contribution in [0.4, 0.5) is 5.00 Å². The summed E-state index contributed by atoms with van der Waals surface area (Å²) < 4.78 is 10.7. The highest BCUT2D eigenvalue weighted by atomic mass is 32.1. The standard InChI is InChI=1S/C19H23NO4S/c1-3-11-23-19(22)16-13-7-5-4-6-8-15(13)25-18(16)20-17(21)14-10-9-12(2)24-14/h9-10H,3-8,11H2,1-2H3,(H,20,21). The molecule has 2 aromatic rings. The first-order valence-electron chi connectivity index (χ1n) is 8.79. The van der Waals surface area contributed by atoms with Crippen molar-refractivity contribution in [1.82, 2.24) is 0 Å². The molecular weight excluding hydrogens is 338 g/mol. The molecular formula is C19H23NO4S. The normalized spacial score (nSPS) is 13.8. The molecule has 0 radical (unpaired) electrons. The molecule has 2 aromatic heterocycles. The van der Waals surface area contributed by atoms with Gasteiger partial charge in [0.1, 0.15) is 10.8 Å². The number of nitrogens with one attached hydrogen (secondary N) is 1. The van der Waals surface area contributed by atoms with E-state index < -0.39 is 0 Å². The molecule has 5 nitrogen and oxygen atoms in total. The number of hydrogen-bond acceptors (Lipinski definition) is 5. The van der Waals surface area contributed by atoms with Gasteiger partial charge in [-0.15, -0.1) is 11.3 Å². The highest BCUT2D eigenvalue weighted by Gasteiger charge is 2.27. The van der Waals surface area contributed by atoms with Gasteiger partial charge < -0.3 is 14.5 Å². The lowest BCUT2D eigenvalue weighted by atomic mass is 10.1. The highest BCUT2D eigenvalue weighted by Crippen LogP contribution is 2.38. The zero-order valence-corrected chi connectivity index (χ0v) is 15.5. The lowest BCUT2D eigenvalue weighted by Gasteiger charge is -2.08. The van der Waals surface area contributed by atoms with E-state index in [4.69, 9.17) is 9.15 Å². The molecule has 25 heavy (non-hydrogen) atoms. The largest absolute Gasteiger partial charge is 0.462 e. The lowest BCUT2D eigenvalue weighted by molar-refractivity contribution is 0.0505. The number of ether oxygens (including phenoxy) is 1. The molecule has 0 saturated heterocycles. The van der Waals surface area contributed by atoms with Crippen LogP contribution in [0.1, 0.15) is 69.7 Å². The second-order valence-corrected chi connectivity index (χ2v) is 7.37. The number of aryl methyl sites for hydroxylation is 2. The van der Waals surface area contributed by atoms with Gasteiger partial charge in [-0.05, 0) is 56.7 Å². The Morgan fingerprint density at radius 1 is 1.24 bits per heavy atom. The van der Waals surface area contributed by atoms with Gasteiger partial charge in [0, 0.05) is 4.88 Å². The second kappa shape index (κ2) is 7.87. The summed E-state index contributed by atoms with van der Waals surface area (Å²) in [6, 6.07) is 3.38. The maximum absolute atomic E-state index is 12.6. The zero-order chi connectivity index (χ0) is 17.8. The molecule has 0 aromatic carbocycles. The molecule has 1 aliphatic carbocycles. The van der Waals surface area contributed by atoms with Gasteiger partial charge in [-0.25, -0.2) is 4.79 Å². The molecule has 134 valence electrons. The molecule has 0 spiro atoms. The van der Waals surface area contributed by atoms with E-state index in [0.29, 0.717) is 22.9 Å². The third kappa shape index (κ3) is 3.95. The second-order valence-electron chi connectivity index (χ2n) is 6.27. The third-order valence-electron chi connectivity index (χ3n) is 4.25. The van der Waals surface area contributed by atoms with Crippen molar-refractivity contribution < 1.29 is 18.7 Å². The fourth-order valence-corrected chi connectivity index (χ4v) is 4.31. The van der Waals surface area contributed by atoms with Gasteiger partial charge in [-0.1, -0.05) is 13.3 Å². The van der Waals surface area contributed by atoms with Crippen LogP contribution in [0.5, 0.6) is 0 Å². The summed E-state index contributed by atoms with van der Waals surface area (Å²) >= 11 is 1.49. The number of fused-ring (bicyclic) bond motifs is 1. The van der Waals surface area contributed by atoms with Crippen molar-refractivity contribution in [3.05, 3.63) is 39.7 Å². The minimum atomic E-state index is -0.341. The molecule has 1 amide bonds. The van der Waals surface area contributed by atoms with Crippen molar-refractivity contribution in [3.8, 4) is 0 Å². The van der Waals surface area contributed by atoms with E-state index in [0.717, 1.165) is 44.1 Å². The van der Waals surface area contributed by atoms with Gasteiger partial charge in [-0.2, -0.15) is 0 Å². The van der Waals surface area contributed by atoms with Gasteiger partial charge >= 0.3 is 5.97 Å². The maximum Gasteiger partial charge on any atom is 0.341 e. The molecule has 0 unspecified atom stereocenters. The first-order chi connectivity index (χ1) is 12.1. The van der Waals surface area contributed by atoms with Crippen LogP contribution in [0.15, 0.2) is 16.5 Å². The number of carbonyl (C=O) groups is 2. The number of rotatable bonds is 5. The molecule has 0 aliphatic heterocycles. The summed E-state index contributed by atoms with van der Waals surface area (Å²) in [5.74, 6) is 0.241. The number of furan rings is 1. The Labute approximate surface area is 151 Å². The van der Waals surface area contributed by atoms with E-state index in [1.807, 2.05) is 6.92 Å². The molecule has 0 saturated carbocycles. The molecule has 2 heterocycles. The van der Waals surface area contributed by atoms with E-state index in [2.05, 4.69) is 5.32 Å². The number of anilines is 1. The molecule has 3 rings (SSSR count). The zero-order valence-electron chi connectivity index (χ0n) is 14.6. The van der Waals surface area contributed by atoms with Crippen LogP contribution in [0, 0.1) is 6.92 Å². The van der Waals surface area contributed by atoms with E-state index in [1.54, 1.807) is 19.1 Å². The number of carbonyl (C=O) groups excluding carboxylic acids is 2. The predicted octanol–water partition coefficient (Wildman–Crippen LogP) is 4.74. The van der Waals surface area contributed by atoms with Crippen molar-refractivity contribution in [2.24, 2.45) is 0 Å². The Balaban J connectivity index is 1.91. The summed E-state index contributed by atoms with van der Waals surface area (Å²) in [4.78, 5) is 26.2. The van der Waals surface area contributed by atoms with Crippen LogP contribution < -0.4 is 5.32 Å². The fraction of sp³-hybridized carbons (Fsp3) is 0.474. The topological polar surface area (TPSA) is 68.5 Å². The summed E-state index contributed by atoms with van der Waals surface area (Å²) in [7, 11) is 0. The summed E-state index contributed by atoms with van der Waals surface area (Å²) in [5.41, 5.74) is 1.58. The van der Waals surface area contributed by atoms with Gasteiger partial charge in [-0.3, -0.25) is 4.79 Å². The van der Waals surface area contributed by atoms with Crippen LogP contribution in [0.25, 0.3) is 0 Å². The average Bonchev–Trinajstić information content (AvgIpc) is 3.09. The number of amides is 1. The predicted molar refractivity (Wildman–Crippen MR) is 97.5 cm³/mol. The van der Waals surface area contributed by atoms with Crippen LogP contribution in [0.2, 0.25) is 0 Å². The SMILES string of the molecule is CCCOC(=O)c1c(NC(=O)c2ccc(C)o2)sc2c1CCCCC2. The molecule has 1 aliphatic rings. The van der Waals surface area contributed by atoms with Gasteiger partial charge in [0.15, 0.2) is 5.76 Å². The van der Waals surface area contributed by atoms with Crippen LogP contribution >= 0.6 is 11.3 Å². The molecule has 1 N–H and O–H groups in total. The summed E-state index contributed by atoms with van der Waals surface area (Å²) in [6.07, 6.45) is 5.91. The Hall–Kier alpha value is -2.08. The lowest BCUT2D eigenvalue weighted by Crippen LogP contribution is -2.15. The number of esters is 1. The van der Waals surface area contributed by atoms with Crippen LogP contribution in [-0.2, 0) is 17.6 Å². The van der Waals surface area contributed by atoms with E-state index >= 15 is 0 Å². The minimum absolute atomic E-state index is 0.244. The van der Waals surface area contributed by atoms with Crippen molar-refractivity contribution in [3.63, 3.8) is 0 Å². The van der Waals surface area contributed by atoms with Crippen LogP contribution in [-0.4, -0.2) is 18.5 Å². The first kappa shape index (κ1) is 17.7. The Morgan fingerprint density at radius 2 is 2.04 bits per heavy atom. The number of hydrogen-bond donors (Lipinski definition) is 1. The Morgan fingerprint density at radius 3 is 2.76 bits per heavy atom. The molecule has 0 atom stereocenters. The van der Waals surface area contributed by atoms with Gasteiger partial charge in [0.05, 0.1) is 12.2 Å². The van der Waals surface area contributed by atoms with E-state index in [-0.39, 0.29) is 17.6 Å². The monoisotopic (exact) mass is 361 g/mol. The fourth-order valence-electron chi connectivity index (χ4n) is 3.03. The quantitative estimate of drug-likeness (QED) is 0.617. The summed E-state index contributed by atoms with van der Waals surface area (Å²) in [5, 5.41) is 3.44. The maximum atomic E-state index is 12.6. The first-order valence-corrected chi connectivity index (χ1v) is 9.61. The van der Waals surface area contributed by atoms with Crippen molar-refractivity contribution in [1.29, 1.82) is 0 Å². The molecule has 6 heteroatoms. The van der Waals surface area contributed by atoms with Crippen molar-refractivity contribution in [2.45, 2.75) is 52.4 Å². The summed E-state index contributed by atoms with van der Waals surface area (Å²) in [6.45, 7) is 4.13. The molecule has 0 bridgehead atoms. The number of thiophene rings is 1.